The van der Waals surface area contributed by atoms with Crippen LogP contribution in [0, 0.1) is 0 Å². The number of carbonyl (C=O) groups is 3. The molecule has 0 aromatic carbocycles. The molecule has 80 heavy (non-hydrogen) atoms. The van der Waals surface area contributed by atoms with E-state index in [9.17, 15) is 14.4 Å². The molecule has 0 amide bonds. The maximum Gasteiger partial charge on any atom is 0.306 e. The molecule has 456 valence electrons. The summed E-state index contributed by atoms with van der Waals surface area (Å²) in [6.07, 6.45) is 93.6. The lowest BCUT2D eigenvalue weighted by atomic mass is 10.0. The molecule has 0 aliphatic carbocycles. The van der Waals surface area contributed by atoms with Crippen molar-refractivity contribution in [2.75, 3.05) is 13.2 Å². The average molecular weight is 1110 g/mol. The highest BCUT2D eigenvalue weighted by atomic mass is 16.6. The van der Waals surface area contributed by atoms with E-state index < -0.39 is 6.10 Å². The molecule has 0 aromatic heterocycles. The molecule has 0 aliphatic rings. The van der Waals surface area contributed by atoms with Gasteiger partial charge >= 0.3 is 17.9 Å². The molecule has 0 aromatic rings. The Kier molecular flexibility index (Phi) is 63.8. The lowest BCUT2D eigenvalue weighted by molar-refractivity contribution is -0.167. The number of esters is 3. The van der Waals surface area contributed by atoms with Crippen molar-refractivity contribution in [2.45, 2.75) is 316 Å². The fraction of sp³-hybridized carbons (Fsp3) is 0.689. The summed E-state index contributed by atoms with van der Waals surface area (Å²) in [5.74, 6) is -0.948. The van der Waals surface area contributed by atoms with Gasteiger partial charge in [-0.15, -0.1) is 0 Å². The Morgan fingerprint density at radius 1 is 0.263 bits per heavy atom. The van der Waals surface area contributed by atoms with Gasteiger partial charge in [0.25, 0.3) is 0 Å². The molecule has 1 atom stereocenters. The molecule has 0 radical (unpaired) electrons. The van der Waals surface area contributed by atoms with Gasteiger partial charge in [-0.2, -0.15) is 0 Å². The molecular formula is C74H124O6. The molecule has 0 heterocycles. The summed E-state index contributed by atoms with van der Waals surface area (Å²) < 4.78 is 16.9. The Morgan fingerprint density at radius 3 is 0.825 bits per heavy atom. The highest BCUT2D eigenvalue weighted by Crippen LogP contribution is 2.16. The van der Waals surface area contributed by atoms with E-state index in [-0.39, 0.29) is 37.5 Å². The van der Waals surface area contributed by atoms with Crippen molar-refractivity contribution < 1.29 is 28.6 Å². The van der Waals surface area contributed by atoms with Crippen molar-refractivity contribution in [3.63, 3.8) is 0 Å². The van der Waals surface area contributed by atoms with Crippen LogP contribution in [0.1, 0.15) is 310 Å². The van der Waals surface area contributed by atoms with E-state index in [0.717, 1.165) is 116 Å². The number of allylic oxidation sites excluding steroid dienone is 20. The molecule has 0 bridgehead atoms. The van der Waals surface area contributed by atoms with Crippen molar-refractivity contribution in [3.8, 4) is 0 Å². The van der Waals surface area contributed by atoms with Gasteiger partial charge in [0.15, 0.2) is 6.10 Å². The molecule has 0 N–H and O–H groups in total. The summed E-state index contributed by atoms with van der Waals surface area (Å²) in [4.78, 5) is 38.3. The molecule has 0 saturated heterocycles. The number of carbonyl (C=O) groups excluding carboxylic acids is 3. The van der Waals surface area contributed by atoms with E-state index in [2.05, 4.69) is 142 Å². The molecule has 0 rings (SSSR count). The van der Waals surface area contributed by atoms with Crippen LogP contribution in [0.5, 0.6) is 0 Å². The van der Waals surface area contributed by atoms with Crippen LogP contribution in [0.25, 0.3) is 0 Å². The third kappa shape index (κ3) is 64.6. The quantitative estimate of drug-likeness (QED) is 0.0261. The van der Waals surface area contributed by atoms with E-state index >= 15 is 0 Å². The first-order valence-electron chi connectivity index (χ1n) is 33.5. The third-order valence-electron chi connectivity index (χ3n) is 14.2. The predicted octanol–water partition coefficient (Wildman–Crippen LogP) is 23.2. The van der Waals surface area contributed by atoms with Crippen molar-refractivity contribution >= 4 is 17.9 Å². The number of hydrogen-bond donors (Lipinski definition) is 0. The molecule has 0 aliphatic heterocycles. The maximum atomic E-state index is 12.9. The van der Waals surface area contributed by atoms with Crippen molar-refractivity contribution in [3.05, 3.63) is 122 Å². The number of rotatable bonds is 60. The van der Waals surface area contributed by atoms with Crippen molar-refractivity contribution in [2.24, 2.45) is 0 Å². The molecule has 6 heteroatoms. The second-order valence-corrected chi connectivity index (χ2v) is 22.0. The Balaban J connectivity index is 4.32. The summed E-state index contributed by atoms with van der Waals surface area (Å²) in [5, 5.41) is 0. The van der Waals surface area contributed by atoms with Crippen LogP contribution in [0.3, 0.4) is 0 Å². The minimum absolute atomic E-state index is 0.0999. The minimum atomic E-state index is -0.809. The summed E-state index contributed by atoms with van der Waals surface area (Å²) in [5.41, 5.74) is 0. The van der Waals surface area contributed by atoms with E-state index in [1.165, 1.54) is 148 Å². The number of unbranched alkanes of at least 4 members (excludes halogenated alkanes) is 29. The van der Waals surface area contributed by atoms with Gasteiger partial charge in [-0.05, 0) is 135 Å². The minimum Gasteiger partial charge on any atom is -0.462 e. The first-order chi connectivity index (χ1) is 39.5. The van der Waals surface area contributed by atoms with E-state index in [1.54, 1.807) is 0 Å². The maximum absolute atomic E-state index is 12.9. The highest BCUT2D eigenvalue weighted by molar-refractivity contribution is 5.71. The van der Waals surface area contributed by atoms with Gasteiger partial charge in [0.1, 0.15) is 13.2 Å². The Labute approximate surface area is 494 Å². The van der Waals surface area contributed by atoms with Gasteiger partial charge in [0, 0.05) is 19.3 Å². The summed E-state index contributed by atoms with van der Waals surface area (Å²) in [6.45, 7) is 6.46. The molecule has 1 unspecified atom stereocenters. The lowest BCUT2D eigenvalue weighted by Gasteiger charge is -2.18. The molecule has 6 nitrogen and oxygen atoms in total. The van der Waals surface area contributed by atoms with Crippen molar-refractivity contribution in [1.82, 2.24) is 0 Å². The van der Waals surface area contributed by atoms with Gasteiger partial charge in [-0.3, -0.25) is 14.4 Å². The van der Waals surface area contributed by atoms with E-state index in [1.807, 2.05) is 0 Å². The fourth-order valence-corrected chi connectivity index (χ4v) is 9.15. The Hall–Kier alpha value is -4.19. The second-order valence-electron chi connectivity index (χ2n) is 22.0. The SMILES string of the molecule is CC/C=C\C/C=C\C/C=C\C/C=C\C/C=C\C/C=C\CCCCC(=O)OC(COC(=O)CCCCCCC/C=C\CCCCC)COC(=O)CCCCCCCCCCCCCCCC/C=C\C/C=C\C/C=C\CCCCCCC. The third-order valence-corrected chi connectivity index (χ3v) is 14.2. The summed E-state index contributed by atoms with van der Waals surface area (Å²) in [6, 6.07) is 0. The first kappa shape index (κ1) is 75.8. The van der Waals surface area contributed by atoms with Crippen molar-refractivity contribution in [1.29, 1.82) is 0 Å². The topological polar surface area (TPSA) is 78.9 Å². The molecule has 0 saturated carbocycles. The van der Waals surface area contributed by atoms with Gasteiger partial charge in [-0.25, -0.2) is 0 Å². The average Bonchev–Trinajstić information content (AvgIpc) is 3.46. The monoisotopic (exact) mass is 1110 g/mol. The Morgan fingerprint density at radius 2 is 0.487 bits per heavy atom. The predicted molar refractivity (Wildman–Crippen MR) is 348 cm³/mol. The summed E-state index contributed by atoms with van der Waals surface area (Å²) >= 11 is 0. The first-order valence-corrected chi connectivity index (χ1v) is 33.5. The fourth-order valence-electron chi connectivity index (χ4n) is 9.15. The number of hydrogen-bond acceptors (Lipinski definition) is 6. The second kappa shape index (κ2) is 67.3. The zero-order valence-corrected chi connectivity index (χ0v) is 52.3. The molecular weight excluding hydrogens is 985 g/mol. The molecule has 0 fully saturated rings. The van der Waals surface area contributed by atoms with E-state index in [4.69, 9.17) is 14.2 Å². The normalized spacial score (nSPS) is 12.9. The number of ether oxygens (including phenoxy) is 3. The van der Waals surface area contributed by atoms with Crippen LogP contribution in [-0.4, -0.2) is 37.2 Å². The van der Waals surface area contributed by atoms with Crippen LogP contribution >= 0.6 is 0 Å². The van der Waals surface area contributed by atoms with Gasteiger partial charge in [-0.1, -0.05) is 277 Å². The van der Waals surface area contributed by atoms with Crippen LogP contribution in [-0.2, 0) is 28.6 Å². The molecule has 0 spiro atoms. The van der Waals surface area contributed by atoms with Crippen LogP contribution in [0.2, 0.25) is 0 Å². The highest BCUT2D eigenvalue weighted by Gasteiger charge is 2.19. The van der Waals surface area contributed by atoms with Crippen LogP contribution in [0.4, 0.5) is 0 Å². The zero-order chi connectivity index (χ0) is 57.8. The standard InChI is InChI=1S/C74H124O6/c1-4-7-10-13-16-19-22-25-27-29-31-33-34-35-36-37-38-39-40-42-43-45-47-49-52-55-58-61-64-67-73(76)79-70-71(69-78-72(75)66-63-60-57-54-51-24-21-18-15-12-9-6-3)80-74(77)68-65-62-59-56-53-50-48-46-44-41-32-30-28-26-23-20-17-14-11-8-5-2/h8,11,17-18,20-22,25-26,28-29,31-32,34-35,41,46,48,53,56,71H,4-7,9-10,12-16,19,23-24,27,30,33,36-40,42-45,47,49-52,54-55,57-70H2,1-3H3/b11-8-,20-17-,21-18-,25-22-,28-26-,31-29-,35-34-,41-32-,48-46-,56-53-. The van der Waals surface area contributed by atoms with Gasteiger partial charge in [0.05, 0.1) is 0 Å². The van der Waals surface area contributed by atoms with Crippen LogP contribution in [0.15, 0.2) is 122 Å². The largest absolute Gasteiger partial charge is 0.462 e. The Bertz CT molecular complexity index is 1650. The zero-order valence-electron chi connectivity index (χ0n) is 52.3. The van der Waals surface area contributed by atoms with Gasteiger partial charge < -0.3 is 14.2 Å². The lowest BCUT2D eigenvalue weighted by Crippen LogP contribution is -2.30. The van der Waals surface area contributed by atoms with Gasteiger partial charge in [0.2, 0.25) is 0 Å². The van der Waals surface area contributed by atoms with Crippen LogP contribution < -0.4 is 0 Å². The smallest absolute Gasteiger partial charge is 0.306 e. The summed E-state index contributed by atoms with van der Waals surface area (Å²) in [7, 11) is 0. The van der Waals surface area contributed by atoms with E-state index in [0.29, 0.717) is 19.3 Å².